The van der Waals surface area contributed by atoms with Crippen molar-refractivity contribution in [2.24, 2.45) is 0 Å². The van der Waals surface area contributed by atoms with Gasteiger partial charge in [-0.2, -0.15) is 0 Å². The van der Waals surface area contributed by atoms with E-state index in [2.05, 4.69) is 15.3 Å². The Bertz CT molecular complexity index is 458. The summed E-state index contributed by atoms with van der Waals surface area (Å²) in [6.07, 6.45) is 3.57. The van der Waals surface area contributed by atoms with Gasteiger partial charge in [-0.1, -0.05) is 0 Å². The zero-order valence-corrected chi connectivity index (χ0v) is 10.5. The first-order chi connectivity index (χ1) is 7.12. The summed E-state index contributed by atoms with van der Waals surface area (Å²) in [6, 6.07) is 0. The van der Waals surface area contributed by atoms with Crippen LogP contribution < -0.4 is 5.32 Å². The highest BCUT2D eigenvalue weighted by Crippen LogP contribution is 2.19. The molecule has 2 rings (SSSR count). The summed E-state index contributed by atoms with van der Waals surface area (Å²) in [5.74, 6) is 0. The molecule has 1 aliphatic heterocycles. The fourth-order valence-electron chi connectivity index (χ4n) is 1.73. The van der Waals surface area contributed by atoms with Crippen LogP contribution >= 0.6 is 12.4 Å². The molecule has 1 saturated heterocycles. The van der Waals surface area contributed by atoms with Gasteiger partial charge in [0.2, 0.25) is 9.84 Å². The summed E-state index contributed by atoms with van der Waals surface area (Å²) in [7, 11) is -3.31. The van der Waals surface area contributed by atoms with Gasteiger partial charge in [-0.3, -0.25) is 4.98 Å². The molecule has 0 radical (unpaired) electrons. The number of nitrogens with one attached hydrogen (secondary N) is 1. The molecule has 1 aromatic rings. The summed E-state index contributed by atoms with van der Waals surface area (Å²) < 4.78 is 24.2. The number of aryl methyl sites for hydroxylation is 1. The fraction of sp³-hybridized carbons (Fsp3) is 0.556. The van der Waals surface area contributed by atoms with E-state index in [0.29, 0.717) is 18.7 Å². The van der Waals surface area contributed by atoms with Crippen LogP contribution in [0.15, 0.2) is 17.4 Å². The lowest BCUT2D eigenvalue weighted by Crippen LogP contribution is -2.25. The maximum Gasteiger partial charge on any atom is 0.201 e. The van der Waals surface area contributed by atoms with Crippen molar-refractivity contribution in [1.29, 1.82) is 0 Å². The number of rotatable bonds is 2. The molecule has 0 spiro atoms. The first kappa shape index (κ1) is 13.3. The van der Waals surface area contributed by atoms with E-state index in [9.17, 15) is 8.42 Å². The Morgan fingerprint density at radius 1 is 1.38 bits per heavy atom. The van der Waals surface area contributed by atoms with E-state index in [4.69, 9.17) is 0 Å². The van der Waals surface area contributed by atoms with Crippen LogP contribution in [-0.2, 0) is 9.84 Å². The second-order valence-corrected chi connectivity index (χ2v) is 5.75. The molecule has 0 saturated carbocycles. The summed E-state index contributed by atoms with van der Waals surface area (Å²) in [6.45, 7) is 2.93. The summed E-state index contributed by atoms with van der Waals surface area (Å²) in [5.41, 5.74) is 0.476. The van der Waals surface area contributed by atoms with E-state index >= 15 is 0 Å². The van der Waals surface area contributed by atoms with Gasteiger partial charge in [0.1, 0.15) is 0 Å². The third-order valence-corrected chi connectivity index (χ3v) is 4.78. The average Bonchev–Trinajstić information content (AvgIpc) is 2.71. The standard InChI is InChI=1S/C9H13N3O2S.ClH/c1-7-9(12-5-4-11-7)15(13,14)8-2-3-10-6-8;/h4-5,8,10H,2-3,6H2,1H3;1H/t8-;/m0./s1. The topological polar surface area (TPSA) is 72.0 Å². The van der Waals surface area contributed by atoms with E-state index in [1.165, 1.54) is 12.4 Å². The lowest BCUT2D eigenvalue weighted by Gasteiger charge is -2.10. The molecule has 1 N–H and O–H groups in total. The zero-order valence-electron chi connectivity index (χ0n) is 8.88. The minimum Gasteiger partial charge on any atom is -0.315 e. The number of nitrogens with zero attached hydrogens (tertiary/aromatic N) is 2. The van der Waals surface area contributed by atoms with Gasteiger partial charge in [0.25, 0.3) is 0 Å². The molecule has 0 aromatic carbocycles. The molecule has 0 unspecified atom stereocenters. The first-order valence-corrected chi connectivity index (χ1v) is 6.39. The Labute approximate surface area is 101 Å². The van der Waals surface area contributed by atoms with Crippen LogP contribution in [-0.4, -0.2) is 36.7 Å². The Hall–Kier alpha value is -0.720. The Morgan fingerprint density at radius 2 is 2.06 bits per heavy atom. The van der Waals surface area contributed by atoms with E-state index in [1.807, 2.05) is 0 Å². The summed E-state index contributed by atoms with van der Waals surface area (Å²) in [4.78, 5) is 7.87. The molecule has 2 heterocycles. The molecular weight excluding hydrogens is 250 g/mol. The van der Waals surface area contributed by atoms with Crippen LogP contribution in [0.2, 0.25) is 0 Å². The van der Waals surface area contributed by atoms with Crippen LogP contribution in [0.3, 0.4) is 0 Å². The van der Waals surface area contributed by atoms with Crippen molar-refractivity contribution < 1.29 is 8.42 Å². The molecular formula is C9H14ClN3O2S. The molecule has 1 atom stereocenters. The van der Waals surface area contributed by atoms with Crippen LogP contribution in [0.25, 0.3) is 0 Å². The first-order valence-electron chi connectivity index (χ1n) is 4.84. The highest BCUT2D eigenvalue weighted by atomic mass is 35.5. The molecule has 0 amide bonds. The molecule has 7 heteroatoms. The van der Waals surface area contributed by atoms with Crippen molar-refractivity contribution in [2.45, 2.75) is 23.6 Å². The molecule has 1 aliphatic rings. The number of hydrogen-bond donors (Lipinski definition) is 1. The van der Waals surface area contributed by atoms with Crippen LogP contribution in [0.5, 0.6) is 0 Å². The molecule has 1 aromatic heterocycles. The highest BCUT2D eigenvalue weighted by molar-refractivity contribution is 7.92. The van der Waals surface area contributed by atoms with Crippen molar-refractivity contribution in [1.82, 2.24) is 15.3 Å². The van der Waals surface area contributed by atoms with Crippen LogP contribution in [0.1, 0.15) is 12.1 Å². The monoisotopic (exact) mass is 263 g/mol. The summed E-state index contributed by atoms with van der Waals surface area (Å²) in [5, 5.41) is 2.81. The fourth-order valence-corrected chi connectivity index (χ4v) is 3.48. The normalized spacial score (nSPS) is 20.4. The largest absolute Gasteiger partial charge is 0.315 e. The number of hydrogen-bond acceptors (Lipinski definition) is 5. The molecule has 1 fully saturated rings. The molecule has 90 valence electrons. The van der Waals surface area contributed by atoms with Crippen molar-refractivity contribution in [2.75, 3.05) is 13.1 Å². The smallest absolute Gasteiger partial charge is 0.201 e. The molecule has 16 heavy (non-hydrogen) atoms. The van der Waals surface area contributed by atoms with Crippen molar-refractivity contribution in [3.05, 3.63) is 18.1 Å². The number of halogens is 1. The van der Waals surface area contributed by atoms with Gasteiger partial charge in [-0.15, -0.1) is 12.4 Å². The second-order valence-electron chi connectivity index (χ2n) is 3.61. The minimum atomic E-state index is -3.31. The second kappa shape index (κ2) is 5.07. The maximum atomic E-state index is 12.1. The zero-order chi connectivity index (χ0) is 10.9. The van der Waals surface area contributed by atoms with Gasteiger partial charge < -0.3 is 5.32 Å². The predicted molar refractivity (Wildman–Crippen MR) is 62.5 cm³/mol. The van der Waals surface area contributed by atoms with Gasteiger partial charge in [0, 0.05) is 18.9 Å². The van der Waals surface area contributed by atoms with E-state index < -0.39 is 9.84 Å². The molecule has 5 nitrogen and oxygen atoms in total. The van der Waals surface area contributed by atoms with Crippen molar-refractivity contribution in [3.63, 3.8) is 0 Å². The third kappa shape index (κ3) is 2.34. The highest BCUT2D eigenvalue weighted by Gasteiger charge is 2.32. The van der Waals surface area contributed by atoms with Crippen molar-refractivity contribution >= 4 is 22.2 Å². The lowest BCUT2D eigenvalue weighted by atomic mass is 10.4. The van der Waals surface area contributed by atoms with Crippen LogP contribution in [0, 0.1) is 6.92 Å². The number of sulfone groups is 1. The average molecular weight is 264 g/mol. The Balaban J connectivity index is 0.00000128. The van der Waals surface area contributed by atoms with E-state index in [0.717, 1.165) is 6.54 Å². The van der Waals surface area contributed by atoms with Gasteiger partial charge in [-0.05, 0) is 19.9 Å². The predicted octanol–water partition coefficient (Wildman–Crippen LogP) is 0.342. The van der Waals surface area contributed by atoms with Gasteiger partial charge in [0.15, 0.2) is 5.03 Å². The minimum absolute atomic E-state index is 0. The Morgan fingerprint density at radius 3 is 2.62 bits per heavy atom. The molecule has 0 bridgehead atoms. The Kier molecular flexibility index (Phi) is 4.23. The maximum absolute atomic E-state index is 12.1. The van der Waals surface area contributed by atoms with Gasteiger partial charge >= 0.3 is 0 Å². The van der Waals surface area contributed by atoms with Crippen LogP contribution in [0.4, 0.5) is 0 Å². The SMILES string of the molecule is Cc1nccnc1S(=O)(=O)[C@H]1CCNC1.Cl. The van der Waals surface area contributed by atoms with E-state index in [-0.39, 0.29) is 22.7 Å². The van der Waals surface area contributed by atoms with Gasteiger partial charge in [-0.25, -0.2) is 13.4 Å². The number of aromatic nitrogens is 2. The van der Waals surface area contributed by atoms with Gasteiger partial charge in [0.05, 0.1) is 10.9 Å². The third-order valence-electron chi connectivity index (χ3n) is 2.56. The quantitative estimate of drug-likeness (QED) is 0.833. The van der Waals surface area contributed by atoms with E-state index in [1.54, 1.807) is 6.92 Å². The van der Waals surface area contributed by atoms with Crippen molar-refractivity contribution in [3.8, 4) is 0 Å². The lowest BCUT2D eigenvalue weighted by molar-refractivity contribution is 0.577. The summed E-state index contributed by atoms with van der Waals surface area (Å²) >= 11 is 0. The molecule has 0 aliphatic carbocycles.